The van der Waals surface area contributed by atoms with Crippen molar-refractivity contribution in [2.45, 2.75) is 25.8 Å². The summed E-state index contributed by atoms with van der Waals surface area (Å²) in [4.78, 5) is 43.3. The molecule has 0 aliphatic carbocycles. The highest BCUT2D eigenvalue weighted by Crippen LogP contribution is 2.35. The average molecular weight is 476 g/mol. The van der Waals surface area contributed by atoms with Crippen molar-refractivity contribution in [3.05, 3.63) is 79.8 Å². The third kappa shape index (κ3) is 4.60. The van der Waals surface area contributed by atoms with Gasteiger partial charge in [0.2, 0.25) is 0 Å². The molecule has 5 rings (SSSR count). The van der Waals surface area contributed by atoms with Gasteiger partial charge in [0, 0.05) is 28.9 Å². The van der Waals surface area contributed by atoms with Crippen LogP contribution in [0.1, 0.15) is 24.8 Å². The summed E-state index contributed by atoms with van der Waals surface area (Å²) in [6.45, 7) is 2.45. The fraction of sp³-hybridized carbons (Fsp3) is 0.308. The predicted octanol–water partition coefficient (Wildman–Crippen LogP) is 4.19. The Labute approximate surface area is 200 Å². The third-order valence-electron chi connectivity index (χ3n) is 6.75. The molecule has 2 aromatic heterocycles. The van der Waals surface area contributed by atoms with Crippen molar-refractivity contribution in [2.24, 2.45) is 17.0 Å². The van der Waals surface area contributed by atoms with Gasteiger partial charge in [-0.25, -0.2) is 9.59 Å². The van der Waals surface area contributed by atoms with Crippen molar-refractivity contribution in [2.75, 3.05) is 19.6 Å². The van der Waals surface area contributed by atoms with Gasteiger partial charge in [-0.1, -0.05) is 23.4 Å². The first kappa shape index (κ1) is 22.9. The lowest BCUT2D eigenvalue weighted by Crippen LogP contribution is -2.33. The largest absolute Gasteiger partial charge is 0.422 e. The highest BCUT2D eigenvalue weighted by Gasteiger charge is 2.23. The van der Waals surface area contributed by atoms with E-state index in [0.717, 1.165) is 37.7 Å². The van der Waals surface area contributed by atoms with Crippen LogP contribution in [0.3, 0.4) is 0 Å². The molecule has 9 heteroatoms. The molecule has 180 valence electrons. The first-order valence-electron chi connectivity index (χ1n) is 11.6. The number of fused-ring (bicyclic) bond motifs is 2. The molecular formula is C26H25N3O6. The Morgan fingerprint density at radius 2 is 1.83 bits per heavy atom. The van der Waals surface area contributed by atoms with Crippen LogP contribution in [0.15, 0.2) is 72.1 Å². The maximum Gasteiger partial charge on any atom is 0.344 e. The Kier molecular flexibility index (Phi) is 6.43. The van der Waals surface area contributed by atoms with Crippen molar-refractivity contribution >= 4 is 21.9 Å². The minimum absolute atomic E-state index is 0.276. The highest BCUT2D eigenvalue weighted by atomic mass is 16.6. The zero-order valence-corrected chi connectivity index (χ0v) is 19.1. The van der Waals surface area contributed by atoms with Gasteiger partial charge in [-0.3, -0.25) is 4.90 Å². The van der Waals surface area contributed by atoms with Crippen molar-refractivity contribution in [3.8, 4) is 16.9 Å². The first-order chi connectivity index (χ1) is 17.1. The summed E-state index contributed by atoms with van der Waals surface area (Å²) < 4.78 is 11.1. The molecule has 1 saturated heterocycles. The summed E-state index contributed by atoms with van der Waals surface area (Å²) in [5, 5.41) is 4.31. The molecule has 35 heavy (non-hydrogen) atoms. The molecule has 0 saturated carbocycles. The maximum absolute atomic E-state index is 12.8. The standard InChI is InChI=1S/C26H25N3O6/c27-35-23-6-5-18-19(20-13-17-3-1-2-4-22(17)33-26(20)31)14-24(30)34-25(18)21(23)15-29-11-8-16(9-12-29)7-10-28-32/h1-6,13-14,16H,7-12,15,27H2. The van der Waals surface area contributed by atoms with Gasteiger partial charge < -0.3 is 13.7 Å². The van der Waals surface area contributed by atoms with E-state index >= 15 is 0 Å². The van der Waals surface area contributed by atoms with E-state index in [2.05, 4.69) is 10.1 Å². The maximum atomic E-state index is 12.8. The van der Waals surface area contributed by atoms with Gasteiger partial charge in [0.25, 0.3) is 0 Å². The van der Waals surface area contributed by atoms with Crippen LogP contribution in [-0.2, 0) is 6.54 Å². The smallest absolute Gasteiger partial charge is 0.344 e. The number of nitrogens with zero attached hydrogens (tertiary/aromatic N) is 2. The molecule has 0 unspecified atom stereocenters. The van der Waals surface area contributed by atoms with Crippen molar-refractivity contribution in [1.29, 1.82) is 0 Å². The lowest BCUT2D eigenvalue weighted by molar-refractivity contribution is 0.171. The molecule has 2 aromatic carbocycles. The van der Waals surface area contributed by atoms with E-state index in [0.29, 0.717) is 52.4 Å². The minimum atomic E-state index is -0.587. The van der Waals surface area contributed by atoms with Crippen molar-refractivity contribution < 1.29 is 13.7 Å². The van der Waals surface area contributed by atoms with Crippen LogP contribution in [0.25, 0.3) is 33.1 Å². The number of para-hydroxylation sites is 1. The molecule has 9 nitrogen and oxygen atoms in total. The molecule has 0 radical (unpaired) electrons. The molecule has 1 aliphatic heterocycles. The summed E-state index contributed by atoms with van der Waals surface area (Å²) in [5.41, 5.74) is 1.02. The zero-order valence-electron chi connectivity index (χ0n) is 19.1. The number of benzene rings is 2. The van der Waals surface area contributed by atoms with Gasteiger partial charge in [-0.15, -0.1) is 0 Å². The van der Waals surface area contributed by atoms with Gasteiger partial charge in [-0.05, 0) is 62.5 Å². The number of hydrogen-bond donors (Lipinski definition) is 1. The number of likely N-dealkylation sites (tertiary alicyclic amines) is 1. The highest BCUT2D eigenvalue weighted by molar-refractivity contribution is 5.97. The normalized spacial score (nSPS) is 15.0. The molecular weight excluding hydrogens is 450 g/mol. The SMILES string of the molecule is NOc1ccc2c(-c3cc4ccccc4oc3=O)cc(=O)oc2c1CN1CCC(CCN=O)CC1. The summed E-state index contributed by atoms with van der Waals surface area (Å²) in [5.74, 6) is 6.42. The van der Waals surface area contributed by atoms with E-state index in [4.69, 9.17) is 19.6 Å². The molecule has 2 N–H and O–H groups in total. The number of nitrogens with two attached hydrogens (primary N) is 1. The van der Waals surface area contributed by atoms with E-state index in [-0.39, 0.29) is 5.56 Å². The molecule has 1 fully saturated rings. The van der Waals surface area contributed by atoms with E-state index in [1.54, 1.807) is 30.3 Å². The average Bonchev–Trinajstić information content (AvgIpc) is 2.87. The second-order valence-electron chi connectivity index (χ2n) is 8.86. The van der Waals surface area contributed by atoms with Gasteiger partial charge in [0.15, 0.2) is 5.75 Å². The molecule has 0 amide bonds. The lowest BCUT2D eigenvalue weighted by atomic mass is 9.93. The number of piperidine rings is 1. The van der Waals surface area contributed by atoms with Crippen LogP contribution in [0.5, 0.6) is 5.75 Å². The van der Waals surface area contributed by atoms with Crippen LogP contribution in [0.2, 0.25) is 0 Å². The summed E-state index contributed by atoms with van der Waals surface area (Å²) in [6.07, 6.45) is 2.70. The van der Waals surface area contributed by atoms with Gasteiger partial charge in [0.1, 0.15) is 11.2 Å². The quantitative estimate of drug-likeness (QED) is 0.239. The Morgan fingerprint density at radius 1 is 1.03 bits per heavy atom. The molecule has 0 spiro atoms. The Morgan fingerprint density at radius 3 is 2.60 bits per heavy atom. The Balaban J connectivity index is 1.57. The first-order valence-corrected chi connectivity index (χ1v) is 11.6. The number of nitroso groups, excluding NO2 is 1. The monoisotopic (exact) mass is 475 g/mol. The summed E-state index contributed by atoms with van der Waals surface area (Å²) >= 11 is 0. The van der Waals surface area contributed by atoms with Crippen molar-refractivity contribution in [1.82, 2.24) is 4.90 Å². The molecule has 3 heterocycles. The molecule has 0 atom stereocenters. The fourth-order valence-electron chi connectivity index (χ4n) is 4.89. The summed E-state index contributed by atoms with van der Waals surface area (Å²) in [7, 11) is 0. The molecule has 1 aliphatic rings. The van der Waals surface area contributed by atoms with Gasteiger partial charge >= 0.3 is 11.3 Å². The minimum Gasteiger partial charge on any atom is -0.422 e. The molecule has 0 bridgehead atoms. The topological polar surface area (TPSA) is 128 Å². The Hall–Kier alpha value is -3.82. The van der Waals surface area contributed by atoms with Gasteiger partial charge in [-0.2, -0.15) is 10.8 Å². The van der Waals surface area contributed by atoms with Crippen molar-refractivity contribution in [3.63, 3.8) is 0 Å². The molecule has 4 aromatic rings. The second kappa shape index (κ2) is 9.81. The van der Waals surface area contributed by atoms with E-state index in [1.807, 2.05) is 12.1 Å². The van der Waals surface area contributed by atoms with E-state index in [1.165, 1.54) is 6.07 Å². The Bertz CT molecular complexity index is 1500. The van der Waals surface area contributed by atoms with Crippen LogP contribution in [-0.4, -0.2) is 24.5 Å². The summed E-state index contributed by atoms with van der Waals surface area (Å²) in [6, 6.07) is 13.7. The second-order valence-corrected chi connectivity index (χ2v) is 8.86. The van der Waals surface area contributed by atoms with Crippen LogP contribution >= 0.6 is 0 Å². The van der Waals surface area contributed by atoms with Crippen LogP contribution in [0.4, 0.5) is 0 Å². The predicted molar refractivity (Wildman–Crippen MR) is 132 cm³/mol. The fourth-order valence-corrected chi connectivity index (χ4v) is 4.89. The number of rotatable bonds is 7. The lowest BCUT2D eigenvalue weighted by Gasteiger charge is -2.32. The third-order valence-corrected chi connectivity index (χ3v) is 6.75. The van der Waals surface area contributed by atoms with E-state index < -0.39 is 11.3 Å². The van der Waals surface area contributed by atoms with Gasteiger partial charge in [0.05, 0.1) is 17.7 Å². The zero-order chi connectivity index (χ0) is 24.4. The van der Waals surface area contributed by atoms with Crippen LogP contribution < -0.4 is 22.0 Å². The van der Waals surface area contributed by atoms with Crippen LogP contribution in [0, 0.1) is 10.8 Å². The number of hydrogen-bond acceptors (Lipinski definition) is 9. The van der Waals surface area contributed by atoms with E-state index in [9.17, 15) is 14.5 Å².